The lowest BCUT2D eigenvalue weighted by Crippen LogP contribution is -2.25. The molecule has 2 amide bonds. The van der Waals surface area contributed by atoms with Gasteiger partial charge in [0.1, 0.15) is 11.5 Å². The summed E-state index contributed by atoms with van der Waals surface area (Å²) in [7, 11) is 0. The Balaban J connectivity index is 1.43. The molecule has 3 rings (SSSR count). The van der Waals surface area contributed by atoms with Crippen molar-refractivity contribution in [2.24, 2.45) is 5.73 Å². The third-order valence-electron chi connectivity index (χ3n) is 4.19. The van der Waals surface area contributed by atoms with Crippen LogP contribution in [0.25, 0.3) is 0 Å². The molecule has 0 fully saturated rings. The van der Waals surface area contributed by atoms with Gasteiger partial charge in [-0.3, -0.25) is 9.59 Å². The van der Waals surface area contributed by atoms with Crippen molar-refractivity contribution in [1.29, 1.82) is 0 Å². The molecule has 3 aromatic rings. The van der Waals surface area contributed by atoms with E-state index >= 15 is 0 Å². The first-order chi connectivity index (χ1) is 14.5. The molecule has 0 heterocycles. The summed E-state index contributed by atoms with van der Waals surface area (Å²) < 4.78 is 24.5. The number of rotatable bonds is 9. The van der Waals surface area contributed by atoms with Crippen molar-refractivity contribution in [3.8, 4) is 17.2 Å². The van der Waals surface area contributed by atoms with Crippen LogP contribution in [0.1, 0.15) is 27.1 Å². The number of para-hydroxylation sites is 1. The standard InChI is InChI=1S/C23H21FN2O4/c24-20-4-1-2-5-21(20)29-15-3-14-26-23(28)17-8-12-19(13-9-17)30-18-10-6-16(7-11-18)22(25)27/h1-2,4-13H,3,14-15H2,(H2,25,27)(H,26,28). The Morgan fingerprint density at radius 1 is 0.867 bits per heavy atom. The molecule has 0 spiro atoms. The summed E-state index contributed by atoms with van der Waals surface area (Å²) in [5.74, 6) is 0.161. The number of nitrogens with two attached hydrogens (primary N) is 1. The van der Waals surface area contributed by atoms with Crippen molar-refractivity contribution >= 4 is 11.8 Å². The lowest BCUT2D eigenvalue weighted by Gasteiger charge is -2.09. The van der Waals surface area contributed by atoms with E-state index in [1.807, 2.05) is 0 Å². The molecule has 0 saturated carbocycles. The van der Waals surface area contributed by atoms with Gasteiger partial charge in [-0.2, -0.15) is 0 Å². The van der Waals surface area contributed by atoms with Crippen molar-refractivity contribution in [1.82, 2.24) is 5.32 Å². The minimum absolute atomic E-state index is 0.198. The number of hydrogen-bond acceptors (Lipinski definition) is 4. The van der Waals surface area contributed by atoms with Crippen LogP contribution in [0.4, 0.5) is 4.39 Å². The number of carbonyl (C=O) groups excluding carboxylic acids is 2. The first-order valence-corrected chi connectivity index (χ1v) is 9.36. The van der Waals surface area contributed by atoms with E-state index in [0.717, 1.165) is 0 Å². The fraction of sp³-hybridized carbons (Fsp3) is 0.130. The van der Waals surface area contributed by atoms with Gasteiger partial charge in [-0.05, 0) is 67.1 Å². The molecule has 6 nitrogen and oxygen atoms in total. The predicted molar refractivity (Wildman–Crippen MR) is 110 cm³/mol. The van der Waals surface area contributed by atoms with Gasteiger partial charge in [-0.25, -0.2) is 4.39 Å². The van der Waals surface area contributed by atoms with Crippen molar-refractivity contribution in [2.75, 3.05) is 13.2 Å². The SMILES string of the molecule is NC(=O)c1ccc(Oc2ccc(C(=O)NCCCOc3ccccc3F)cc2)cc1. The molecule has 0 unspecified atom stereocenters. The highest BCUT2D eigenvalue weighted by Gasteiger charge is 2.07. The quantitative estimate of drug-likeness (QED) is 0.525. The second-order valence-electron chi connectivity index (χ2n) is 6.40. The Hall–Kier alpha value is -3.87. The van der Waals surface area contributed by atoms with E-state index in [9.17, 15) is 14.0 Å². The maximum absolute atomic E-state index is 13.4. The normalized spacial score (nSPS) is 10.3. The molecule has 0 aliphatic carbocycles. The summed E-state index contributed by atoms with van der Waals surface area (Å²) in [5, 5.41) is 2.79. The van der Waals surface area contributed by atoms with Gasteiger partial charge < -0.3 is 20.5 Å². The summed E-state index contributed by atoms with van der Waals surface area (Å²) in [6.45, 7) is 0.695. The van der Waals surface area contributed by atoms with Crippen molar-refractivity contribution in [3.05, 3.63) is 89.7 Å². The largest absolute Gasteiger partial charge is 0.490 e. The summed E-state index contributed by atoms with van der Waals surface area (Å²) in [5.41, 5.74) is 6.09. The summed E-state index contributed by atoms with van der Waals surface area (Å²) in [6, 6.07) is 19.3. The molecule has 7 heteroatoms. The Kier molecular flexibility index (Phi) is 7.00. The van der Waals surface area contributed by atoms with Gasteiger partial charge in [0.05, 0.1) is 6.61 Å². The zero-order valence-corrected chi connectivity index (χ0v) is 16.1. The summed E-state index contributed by atoms with van der Waals surface area (Å²) >= 11 is 0. The van der Waals surface area contributed by atoms with E-state index in [-0.39, 0.29) is 11.7 Å². The van der Waals surface area contributed by atoms with Crippen LogP contribution in [-0.4, -0.2) is 25.0 Å². The third-order valence-corrected chi connectivity index (χ3v) is 4.19. The van der Waals surface area contributed by atoms with Gasteiger partial charge in [0.15, 0.2) is 11.6 Å². The molecule has 30 heavy (non-hydrogen) atoms. The van der Waals surface area contributed by atoms with E-state index in [2.05, 4.69) is 5.32 Å². The molecule has 0 aromatic heterocycles. The highest BCUT2D eigenvalue weighted by molar-refractivity contribution is 5.94. The zero-order valence-electron chi connectivity index (χ0n) is 16.1. The smallest absolute Gasteiger partial charge is 0.251 e. The van der Waals surface area contributed by atoms with E-state index < -0.39 is 11.7 Å². The first kappa shape index (κ1) is 20.9. The molecular weight excluding hydrogens is 387 g/mol. The van der Waals surface area contributed by atoms with E-state index in [1.165, 1.54) is 6.07 Å². The van der Waals surface area contributed by atoms with E-state index in [0.29, 0.717) is 42.2 Å². The van der Waals surface area contributed by atoms with Gasteiger partial charge in [0.2, 0.25) is 5.91 Å². The monoisotopic (exact) mass is 408 g/mol. The van der Waals surface area contributed by atoms with Crippen molar-refractivity contribution < 1.29 is 23.5 Å². The Morgan fingerprint density at radius 3 is 2.07 bits per heavy atom. The van der Waals surface area contributed by atoms with Crippen LogP contribution in [0.15, 0.2) is 72.8 Å². The number of benzene rings is 3. The maximum atomic E-state index is 13.4. The molecule has 0 radical (unpaired) electrons. The third kappa shape index (κ3) is 5.81. The highest BCUT2D eigenvalue weighted by atomic mass is 19.1. The Bertz CT molecular complexity index is 1000. The fourth-order valence-corrected chi connectivity index (χ4v) is 2.62. The van der Waals surface area contributed by atoms with Crippen LogP contribution in [0.3, 0.4) is 0 Å². The van der Waals surface area contributed by atoms with E-state index in [1.54, 1.807) is 66.7 Å². The topological polar surface area (TPSA) is 90.7 Å². The van der Waals surface area contributed by atoms with Crippen LogP contribution < -0.4 is 20.5 Å². The van der Waals surface area contributed by atoms with Crippen LogP contribution in [-0.2, 0) is 0 Å². The minimum Gasteiger partial charge on any atom is -0.490 e. The Labute approximate surface area is 173 Å². The maximum Gasteiger partial charge on any atom is 0.251 e. The summed E-state index contributed by atoms with van der Waals surface area (Å²) in [6.07, 6.45) is 0.544. The fourth-order valence-electron chi connectivity index (χ4n) is 2.62. The number of primary amides is 1. The zero-order chi connectivity index (χ0) is 21.3. The Morgan fingerprint density at radius 2 is 1.47 bits per heavy atom. The number of nitrogens with one attached hydrogen (secondary N) is 1. The molecule has 154 valence electrons. The molecule has 3 N–H and O–H groups in total. The predicted octanol–water partition coefficient (Wildman–Crippen LogP) is 3.92. The molecular formula is C23H21FN2O4. The molecule has 0 atom stereocenters. The minimum atomic E-state index is -0.504. The van der Waals surface area contributed by atoms with Gasteiger partial charge in [0, 0.05) is 17.7 Å². The van der Waals surface area contributed by atoms with Crippen LogP contribution in [0.2, 0.25) is 0 Å². The molecule has 0 saturated heterocycles. The van der Waals surface area contributed by atoms with Crippen LogP contribution >= 0.6 is 0 Å². The van der Waals surface area contributed by atoms with Gasteiger partial charge in [-0.15, -0.1) is 0 Å². The van der Waals surface area contributed by atoms with Gasteiger partial charge >= 0.3 is 0 Å². The highest BCUT2D eigenvalue weighted by Crippen LogP contribution is 2.22. The van der Waals surface area contributed by atoms with Crippen molar-refractivity contribution in [3.63, 3.8) is 0 Å². The van der Waals surface area contributed by atoms with Crippen molar-refractivity contribution in [2.45, 2.75) is 6.42 Å². The number of ether oxygens (including phenoxy) is 2. The number of halogens is 1. The lowest BCUT2D eigenvalue weighted by molar-refractivity contribution is 0.0950. The van der Waals surface area contributed by atoms with Gasteiger partial charge in [0.25, 0.3) is 5.91 Å². The number of amides is 2. The van der Waals surface area contributed by atoms with E-state index in [4.69, 9.17) is 15.2 Å². The molecule has 0 bridgehead atoms. The number of hydrogen-bond donors (Lipinski definition) is 2. The van der Waals surface area contributed by atoms with Crippen LogP contribution in [0, 0.1) is 5.82 Å². The molecule has 0 aliphatic rings. The second-order valence-corrected chi connectivity index (χ2v) is 6.40. The molecule has 0 aliphatic heterocycles. The average molecular weight is 408 g/mol. The first-order valence-electron chi connectivity index (χ1n) is 9.36. The summed E-state index contributed by atoms with van der Waals surface area (Å²) in [4.78, 5) is 23.3. The lowest BCUT2D eigenvalue weighted by atomic mass is 10.2. The number of carbonyl (C=O) groups is 2. The van der Waals surface area contributed by atoms with Crippen LogP contribution in [0.5, 0.6) is 17.2 Å². The second kappa shape index (κ2) is 10.1. The van der Waals surface area contributed by atoms with Gasteiger partial charge in [-0.1, -0.05) is 12.1 Å². The molecule has 3 aromatic carbocycles. The average Bonchev–Trinajstić information content (AvgIpc) is 2.75.